The van der Waals surface area contributed by atoms with Crippen molar-refractivity contribution in [2.45, 2.75) is 26.2 Å². The third-order valence-electron chi connectivity index (χ3n) is 0.962. The van der Waals surface area contributed by atoms with Crippen LogP contribution in [0.25, 0.3) is 0 Å². The van der Waals surface area contributed by atoms with E-state index in [1.165, 1.54) is 6.42 Å². The molecule has 0 aromatic carbocycles. The minimum atomic E-state index is 0.729. The first kappa shape index (κ1) is 7.89. The molecule has 0 radical (unpaired) electrons. The Labute approximate surface area is 56.0 Å². The molecule has 0 aromatic rings. The Hall–Kier alpha value is -0.110. The Balaban J connectivity index is 2.99. The van der Waals surface area contributed by atoms with Crippen LogP contribution in [0.2, 0.25) is 0 Å². The fraction of sp³-hybridized carbons (Fsp3) is 0.833. The normalized spacial score (nSPS) is 8.75. The summed E-state index contributed by atoms with van der Waals surface area (Å²) < 4.78 is 4.78. The van der Waals surface area contributed by atoms with Gasteiger partial charge in [0.2, 0.25) is 0 Å². The Morgan fingerprint density at radius 1 is 1.62 bits per heavy atom. The summed E-state index contributed by atoms with van der Waals surface area (Å²) >= 11 is 4.80. The second kappa shape index (κ2) is 5.04. The zero-order valence-electron chi connectivity index (χ0n) is 5.44. The lowest BCUT2D eigenvalue weighted by atomic mass is 10.3. The molecule has 0 aliphatic rings. The van der Waals surface area contributed by atoms with Crippen LogP contribution >= 0.6 is 12.2 Å². The fourth-order valence-corrected chi connectivity index (χ4v) is 0.568. The van der Waals surface area contributed by atoms with Crippen LogP contribution < -0.4 is 0 Å². The van der Waals surface area contributed by atoms with E-state index in [2.05, 4.69) is 6.92 Å². The molecule has 0 atom stereocenters. The van der Waals surface area contributed by atoms with Crippen LogP contribution in [0, 0.1) is 0 Å². The van der Waals surface area contributed by atoms with Gasteiger partial charge in [-0.25, -0.2) is 0 Å². The first-order chi connectivity index (χ1) is 3.81. The lowest BCUT2D eigenvalue weighted by Gasteiger charge is -1.97. The van der Waals surface area contributed by atoms with Gasteiger partial charge in [0, 0.05) is 6.42 Å². The van der Waals surface area contributed by atoms with Crippen LogP contribution in [0.1, 0.15) is 26.2 Å². The number of hydrogen-bond donors (Lipinski definition) is 0. The summed E-state index contributed by atoms with van der Waals surface area (Å²) in [7, 11) is 1.62. The molecule has 1 nitrogen and oxygen atoms in total. The second-order valence-electron chi connectivity index (χ2n) is 1.68. The van der Waals surface area contributed by atoms with E-state index in [1.54, 1.807) is 7.11 Å². The van der Waals surface area contributed by atoms with Crippen molar-refractivity contribution in [2.24, 2.45) is 0 Å². The van der Waals surface area contributed by atoms with Crippen LogP contribution in [0.4, 0.5) is 0 Å². The molecule has 0 aliphatic carbocycles. The highest BCUT2D eigenvalue weighted by Gasteiger charge is 1.90. The Morgan fingerprint density at radius 3 is 2.62 bits per heavy atom. The maximum Gasteiger partial charge on any atom is 0.159 e. The molecule has 0 spiro atoms. The molecular weight excluding hydrogens is 120 g/mol. The van der Waals surface area contributed by atoms with E-state index in [4.69, 9.17) is 17.0 Å². The lowest BCUT2D eigenvalue weighted by Crippen LogP contribution is -1.95. The molecule has 8 heavy (non-hydrogen) atoms. The number of hydrogen-bond acceptors (Lipinski definition) is 2. The van der Waals surface area contributed by atoms with Crippen LogP contribution in [0.5, 0.6) is 0 Å². The summed E-state index contributed by atoms with van der Waals surface area (Å²) in [4.78, 5) is 0. The smallest absolute Gasteiger partial charge is 0.159 e. The molecule has 0 unspecified atom stereocenters. The predicted molar refractivity (Wildman–Crippen MR) is 39.1 cm³/mol. The Kier molecular flexibility index (Phi) is 4.97. The SMILES string of the molecule is CCCCC(=S)OC. The minimum absolute atomic E-state index is 0.729. The molecule has 0 fully saturated rings. The first-order valence-electron chi connectivity index (χ1n) is 2.88. The topological polar surface area (TPSA) is 9.23 Å². The zero-order valence-corrected chi connectivity index (χ0v) is 6.25. The summed E-state index contributed by atoms with van der Waals surface area (Å²) in [5, 5.41) is 0.729. The van der Waals surface area contributed by atoms with E-state index in [0.29, 0.717) is 0 Å². The maximum absolute atomic E-state index is 4.80. The van der Waals surface area contributed by atoms with Crippen molar-refractivity contribution < 1.29 is 4.74 Å². The molecule has 0 aliphatic heterocycles. The molecule has 0 bridgehead atoms. The van der Waals surface area contributed by atoms with E-state index < -0.39 is 0 Å². The highest BCUT2D eigenvalue weighted by Crippen LogP contribution is 1.96. The average molecular weight is 132 g/mol. The van der Waals surface area contributed by atoms with Gasteiger partial charge in [-0.05, 0) is 18.6 Å². The van der Waals surface area contributed by atoms with Crippen molar-refractivity contribution in [1.82, 2.24) is 0 Å². The quantitative estimate of drug-likeness (QED) is 0.544. The van der Waals surface area contributed by atoms with Crippen molar-refractivity contribution >= 4 is 17.3 Å². The molecule has 0 N–H and O–H groups in total. The average Bonchev–Trinajstić information content (AvgIpc) is 1.83. The monoisotopic (exact) mass is 132 g/mol. The lowest BCUT2D eigenvalue weighted by molar-refractivity contribution is 0.400. The molecule has 0 saturated carbocycles. The molecule has 48 valence electrons. The van der Waals surface area contributed by atoms with Crippen molar-refractivity contribution in [3.63, 3.8) is 0 Å². The van der Waals surface area contributed by atoms with Gasteiger partial charge in [-0.1, -0.05) is 13.3 Å². The van der Waals surface area contributed by atoms with Gasteiger partial charge in [-0.3, -0.25) is 0 Å². The molecule has 0 saturated heterocycles. The standard InChI is InChI=1S/C6H12OS/c1-3-4-5-6(8)7-2/h3-5H2,1-2H3. The molecule has 0 heterocycles. The van der Waals surface area contributed by atoms with Gasteiger partial charge in [-0.2, -0.15) is 0 Å². The first-order valence-corrected chi connectivity index (χ1v) is 3.29. The summed E-state index contributed by atoms with van der Waals surface area (Å²) in [6.07, 6.45) is 3.26. The van der Waals surface area contributed by atoms with E-state index in [9.17, 15) is 0 Å². The second-order valence-corrected chi connectivity index (χ2v) is 2.14. The van der Waals surface area contributed by atoms with E-state index in [1.807, 2.05) is 0 Å². The number of thiocarbonyl (C=S) groups is 1. The number of unbranched alkanes of at least 4 members (excludes halogenated alkanes) is 1. The van der Waals surface area contributed by atoms with Crippen molar-refractivity contribution in [3.05, 3.63) is 0 Å². The number of rotatable bonds is 3. The molecule has 0 rings (SSSR count). The summed E-state index contributed by atoms with van der Waals surface area (Å²) in [6, 6.07) is 0. The van der Waals surface area contributed by atoms with Crippen LogP contribution in [-0.2, 0) is 4.74 Å². The Morgan fingerprint density at radius 2 is 2.25 bits per heavy atom. The third kappa shape index (κ3) is 4.06. The van der Waals surface area contributed by atoms with Crippen molar-refractivity contribution in [1.29, 1.82) is 0 Å². The maximum atomic E-state index is 4.80. The van der Waals surface area contributed by atoms with Crippen molar-refractivity contribution in [3.8, 4) is 0 Å². The van der Waals surface area contributed by atoms with E-state index in [0.717, 1.165) is 17.9 Å². The Bertz CT molecular complexity index is 70.9. The summed E-state index contributed by atoms with van der Waals surface area (Å²) in [5.74, 6) is 0. The third-order valence-corrected chi connectivity index (χ3v) is 1.33. The fourth-order valence-electron chi connectivity index (χ4n) is 0.423. The summed E-state index contributed by atoms with van der Waals surface area (Å²) in [5.41, 5.74) is 0. The molecular formula is C6H12OS. The van der Waals surface area contributed by atoms with Crippen LogP contribution in [-0.4, -0.2) is 12.2 Å². The predicted octanol–water partition coefficient (Wildman–Crippen LogP) is 2.15. The van der Waals surface area contributed by atoms with E-state index in [-0.39, 0.29) is 0 Å². The van der Waals surface area contributed by atoms with E-state index >= 15 is 0 Å². The minimum Gasteiger partial charge on any atom is -0.490 e. The van der Waals surface area contributed by atoms with Crippen LogP contribution in [0.15, 0.2) is 0 Å². The number of methoxy groups -OCH3 is 1. The van der Waals surface area contributed by atoms with Gasteiger partial charge >= 0.3 is 0 Å². The van der Waals surface area contributed by atoms with Gasteiger partial charge in [0.05, 0.1) is 7.11 Å². The van der Waals surface area contributed by atoms with Gasteiger partial charge in [0.1, 0.15) is 0 Å². The van der Waals surface area contributed by atoms with Gasteiger partial charge < -0.3 is 4.74 Å². The van der Waals surface area contributed by atoms with Gasteiger partial charge in [0.15, 0.2) is 5.05 Å². The van der Waals surface area contributed by atoms with Gasteiger partial charge in [-0.15, -0.1) is 0 Å². The van der Waals surface area contributed by atoms with Gasteiger partial charge in [0.25, 0.3) is 0 Å². The number of ether oxygens (including phenoxy) is 1. The van der Waals surface area contributed by atoms with Crippen LogP contribution in [0.3, 0.4) is 0 Å². The summed E-state index contributed by atoms with van der Waals surface area (Å²) in [6.45, 7) is 2.14. The highest BCUT2D eigenvalue weighted by atomic mass is 32.1. The molecule has 0 aromatic heterocycles. The highest BCUT2D eigenvalue weighted by molar-refractivity contribution is 7.80. The molecule has 2 heteroatoms. The largest absolute Gasteiger partial charge is 0.490 e. The van der Waals surface area contributed by atoms with Crippen molar-refractivity contribution in [2.75, 3.05) is 7.11 Å². The zero-order chi connectivity index (χ0) is 6.41. The molecule has 0 amide bonds.